The van der Waals surface area contributed by atoms with Crippen LogP contribution in [-0.2, 0) is 0 Å². The molecule has 3 nitrogen and oxygen atoms in total. The summed E-state index contributed by atoms with van der Waals surface area (Å²) in [6.45, 7) is 2.50. The number of hydrogen-bond donors (Lipinski definition) is 2. The van der Waals surface area contributed by atoms with E-state index < -0.39 is 0 Å². The first kappa shape index (κ1) is 12.8. The first-order chi connectivity index (χ1) is 7.63. The van der Waals surface area contributed by atoms with E-state index in [1.54, 1.807) is 25.1 Å². The normalized spacial score (nSPS) is 11.9. The standard InChI is InChI=1S/C12H15ClN2O/c1-9(16)3-2-6-15-12-5-4-11(13)7-10(12)8-14/h4-5,7,9,15-16H,2-3,6H2,1H3. The molecule has 0 spiro atoms. The number of aliphatic hydroxyl groups excluding tert-OH is 1. The van der Waals surface area contributed by atoms with Crippen molar-refractivity contribution in [3.8, 4) is 6.07 Å². The maximum Gasteiger partial charge on any atom is 0.101 e. The number of nitrogens with one attached hydrogen (secondary N) is 1. The van der Waals surface area contributed by atoms with Gasteiger partial charge in [-0.15, -0.1) is 0 Å². The second-order valence-electron chi connectivity index (χ2n) is 3.72. The molecule has 0 aliphatic heterocycles. The molecule has 1 unspecified atom stereocenters. The number of rotatable bonds is 5. The van der Waals surface area contributed by atoms with Crippen LogP contribution < -0.4 is 5.32 Å². The van der Waals surface area contributed by atoms with Crippen LogP contribution in [-0.4, -0.2) is 17.8 Å². The second kappa shape index (κ2) is 6.37. The molecule has 0 saturated carbocycles. The summed E-state index contributed by atoms with van der Waals surface area (Å²) in [6, 6.07) is 7.27. The summed E-state index contributed by atoms with van der Waals surface area (Å²) in [5, 5.41) is 21.7. The fourth-order valence-corrected chi connectivity index (χ4v) is 1.56. The summed E-state index contributed by atoms with van der Waals surface area (Å²) in [7, 11) is 0. The maximum atomic E-state index is 9.09. The summed E-state index contributed by atoms with van der Waals surface area (Å²) >= 11 is 5.79. The van der Waals surface area contributed by atoms with Crippen LogP contribution in [0.5, 0.6) is 0 Å². The molecular formula is C12H15ClN2O. The van der Waals surface area contributed by atoms with E-state index in [1.807, 2.05) is 0 Å². The van der Waals surface area contributed by atoms with Crippen molar-refractivity contribution in [2.45, 2.75) is 25.9 Å². The monoisotopic (exact) mass is 238 g/mol. The third kappa shape index (κ3) is 4.09. The van der Waals surface area contributed by atoms with Gasteiger partial charge in [-0.05, 0) is 38.0 Å². The van der Waals surface area contributed by atoms with E-state index in [9.17, 15) is 0 Å². The van der Waals surface area contributed by atoms with Crippen LogP contribution in [0, 0.1) is 11.3 Å². The topological polar surface area (TPSA) is 56.0 Å². The van der Waals surface area contributed by atoms with E-state index in [4.69, 9.17) is 22.0 Å². The van der Waals surface area contributed by atoms with Crippen LogP contribution in [0.4, 0.5) is 5.69 Å². The van der Waals surface area contributed by atoms with E-state index >= 15 is 0 Å². The van der Waals surface area contributed by atoms with Crippen LogP contribution in [0.1, 0.15) is 25.3 Å². The minimum atomic E-state index is -0.276. The molecule has 0 bridgehead atoms. The molecule has 1 atom stereocenters. The van der Waals surface area contributed by atoms with Crippen molar-refractivity contribution in [2.24, 2.45) is 0 Å². The minimum Gasteiger partial charge on any atom is -0.393 e. The molecule has 0 aliphatic carbocycles. The largest absolute Gasteiger partial charge is 0.393 e. The predicted octanol–water partition coefficient (Wildman–Crippen LogP) is 2.78. The number of halogens is 1. The highest BCUT2D eigenvalue weighted by molar-refractivity contribution is 6.30. The third-order valence-corrected chi connectivity index (χ3v) is 2.45. The fourth-order valence-electron chi connectivity index (χ4n) is 1.38. The lowest BCUT2D eigenvalue weighted by Crippen LogP contribution is -2.07. The molecule has 1 aromatic carbocycles. The lowest BCUT2D eigenvalue weighted by atomic mass is 10.2. The van der Waals surface area contributed by atoms with Gasteiger partial charge in [0.25, 0.3) is 0 Å². The van der Waals surface area contributed by atoms with Gasteiger partial charge in [0.2, 0.25) is 0 Å². The predicted molar refractivity (Wildman–Crippen MR) is 65.6 cm³/mol. The Labute approximate surface area is 101 Å². The number of anilines is 1. The highest BCUT2D eigenvalue weighted by Crippen LogP contribution is 2.19. The van der Waals surface area contributed by atoms with Crippen molar-refractivity contribution in [1.29, 1.82) is 5.26 Å². The van der Waals surface area contributed by atoms with Gasteiger partial charge in [0, 0.05) is 11.6 Å². The van der Waals surface area contributed by atoms with E-state index in [2.05, 4.69) is 11.4 Å². The van der Waals surface area contributed by atoms with Gasteiger partial charge in [0.1, 0.15) is 6.07 Å². The molecule has 0 saturated heterocycles. The maximum absolute atomic E-state index is 9.09. The average molecular weight is 239 g/mol. The van der Waals surface area contributed by atoms with Gasteiger partial charge in [-0.1, -0.05) is 11.6 Å². The Balaban J connectivity index is 2.51. The van der Waals surface area contributed by atoms with Crippen molar-refractivity contribution < 1.29 is 5.11 Å². The summed E-state index contributed by atoms with van der Waals surface area (Å²) in [6.07, 6.45) is 1.34. The third-order valence-electron chi connectivity index (χ3n) is 2.22. The molecule has 0 fully saturated rings. The van der Waals surface area contributed by atoms with Crippen LogP contribution >= 0.6 is 11.6 Å². The van der Waals surface area contributed by atoms with Gasteiger partial charge in [-0.3, -0.25) is 0 Å². The number of hydrogen-bond acceptors (Lipinski definition) is 3. The van der Waals surface area contributed by atoms with Gasteiger partial charge in [0.15, 0.2) is 0 Å². The van der Waals surface area contributed by atoms with Gasteiger partial charge in [-0.25, -0.2) is 0 Å². The quantitative estimate of drug-likeness (QED) is 0.776. The smallest absolute Gasteiger partial charge is 0.101 e. The fraction of sp³-hybridized carbons (Fsp3) is 0.417. The van der Waals surface area contributed by atoms with Gasteiger partial charge < -0.3 is 10.4 Å². The number of aliphatic hydroxyl groups is 1. The number of nitrogens with zero attached hydrogens (tertiary/aromatic N) is 1. The van der Waals surface area contributed by atoms with Crippen molar-refractivity contribution in [3.05, 3.63) is 28.8 Å². The molecule has 0 heterocycles. The Kier molecular flexibility index (Phi) is 5.10. The molecule has 86 valence electrons. The van der Waals surface area contributed by atoms with E-state index in [0.717, 1.165) is 25.1 Å². The van der Waals surface area contributed by atoms with Crippen LogP contribution in [0.25, 0.3) is 0 Å². The van der Waals surface area contributed by atoms with Crippen molar-refractivity contribution >= 4 is 17.3 Å². The van der Waals surface area contributed by atoms with Gasteiger partial charge >= 0.3 is 0 Å². The van der Waals surface area contributed by atoms with Crippen LogP contribution in [0.3, 0.4) is 0 Å². The Hall–Kier alpha value is -1.24. The Morgan fingerprint density at radius 1 is 1.56 bits per heavy atom. The van der Waals surface area contributed by atoms with Gasteiger partial charge in [0.05, 0.1) is 17.4 Å². The van der Waals surface area contributed by atoms with Crippen molar-refractivity contribution in [2.75, 3.05) is 11.9 Å². The molecule has 0 amide bonds. The molecule has 0 aromatic heterocycles. The molecule has 4 heteroatoms. The molecule has 0 radical (unpaired) electrons. The zero-order chi connectivity index (χ0) is 12.0. The first-order valence-corrected chi connectivity index (χ1v) is 5.63. The first-order valence-electron chi connectivity index (χ1n) is 5.25. The lowest BCUT2D eigenvalue weighted by molar-refractivity contribution is 0.183. The summed E-state index contributed by atoms with van der Waals surface area (Å²) in [5.74, 6) is 0. The van der Waals surface area contributed by atoms with Gasteiger partial charge in [-0.2, -0.15) is 5.26 Å². The van der Waals surface area contributed by atoms with Crippen molar-refractivity contribution in [3.63, 3.8) is 0 Å². The molecule has 1 aromatic rings. The van der Waals surface area contributed by atoms with E-state index in [0.29, 0.717) is 10.6 Å². The molecule has 0 aliphatic rings. The molecule has 16 heavy (non-hydrogen) atoms. The zero-order valence-electron chi connectivity index (χ0n) is 9.20. The number of benzene rings is 1. The number of nitriles is 1. The van der Waals surface area contributed by atoms with Crippen LogP contribution in [0.15, 0.2) is 18.2 Å². The highest BCUT2D eigenvalue weighted by atomic mass is 35.5. The Bertz CT molecular complexity index is 385. The lowest BCUT2D eigenvalue weighted by Gasteiger charge is -2.09. The summed E-state index contributed by atoms with van der Waals surface area (Å²) in [4.78, 5) is 0. The summed E-state index contributed by atoms with van der Waals surface area (Å²) < 4.78 is 0. The second-order valence-corrected chi connectivity index (χ2v) is 4.16. The highest BCUT2D eigenvalue weighted by Gasteiger charge is 2.02. The average Bonchev–Trinajstić information content (AvgIpc) is 2.25. The zero-order valence-corrected chi connectivity index (χ0v) is 9.96. The Morgan fingerprint density at radius 3 is 2.94 bits per heavy atom. The minimum absolute atomic E-state index is 0.276. The SMILES string of the molecule is CC(O)CCCNc1ccc(Cl)cc1C#N. The van der Waals surface area contributed by atoms with Crippen LogP contribution in [0.2, 0.25) is 5.02 Å². The Morgan fingerprint density at radius 2 is 2.31 bits per heavy atom. The molecule has 1 rings (SSSR count). The van der Waals surface area contributed by atoms with E-state index in [1.165, 1.54) is 0 Å². The molecular weight excluding hydrogens is 224 g/mol. The summed E-state index contributed by atoms with van der Waals surface area (Å²) in [5.41, 5.74) is 1.34. The van der Waals surface area contributed by atoms with E-state index in [-0.39, 0.29) is 6.10 Å². The molecule has 2 N–H and O–H groups in total. The van der Waals surface area contributed by atoms with Crippen molar-refractivity contribution in [1.82, 2.24) is 0 Å².